The van der Waals surface area contributed by atoms with Crippen LogP contribution >= 0.6 is 0 Å². The van der Waals surface area contributed by atoms with Crippen molar-refractivity contribution in [1.82, 2.24) is 25.0 Å². The van der Waals surface area contributed by atoms with Crippen molar-refractivity contribution in [2.45, 2.75) is 40.3 Å². The minimum absolute atomic E-state index is 0.0138. The summed E-state index contributed by atoms with van der Waals surface area (Å²) < 4.78 is 1.78. The first-order chi connectivity index (χ1) is 13.9. The molecule has 0 saturated heterocycles. The molecule has 2 aromatic heterocycles. The Labute approximate surface area is 170 Å². The molecule has 3 aromatic rings. The van der Waals surface area contributed by atoms with E-state index in [1.54, 1.807) is 21.8 Å². The van der Waals surface area contributed by atoms with Crippen LogP contribution in [0, 0.1) is 0 Å². The number of carbonyl (C=O) groups excluding carboxylic acids is 2. The lowest BCUT2D eigenvalue weighted by Crippen LogP contribution is -2.42. The molecule has 0 aliphatic heterocycles. The molecule has 0 bridgehead atoms. The topological polar surface area (TPSA) is 80.1 Å². The van der Waals surface area contributed by atoms with Crippen LogP contribution in [-0.2, 0) is 11.3 Å². The van der Waals surface area contributed by atoms with Gasteiger partial charge in [-0.1, -0.05) is 30.3 Å². The number of nitrogens with zero attached hydrogens (tertiary/aromatic N) is 4. The molecule has 29 heavy (non-hydrogen) atoms. The van der Waals surface area contributed by atoms with Crippen LogP contribution in [0.3, 0.4) is 0 Å². The van der Waals surface area contributed by atoms with E-state index in [9.17, 15) is 9.59 Å². The molecule has 2 amide bonds. The van der Waals surface area contributed by atoms with Crippen molar-refractivity contribution < 1.29 is 9.59 Å². The number of fused-ring (bicyclic) bond motifs is 1. The van der Waals surface area contributed by atoms with Gasteiger partial charge < -0.3 is 10.2 Å². The fraction of sp³-hybridized carbons (Fsp3) is 0.364. The average molecular weight is 393 g/mol. The predicted octanol–water partition coefficient (Wildman–Crippen LogP) is 3.10. The van der Waals surface area contributed by atoms with Crippen molar-refractivity contribution in [3.63, 3.8) is 0 Å². The van der Waals surface area contributed by atoms with E-state index < -0.39 is 0 Å². The van der Waals surface area contributed by atoms with E-state index >= 15 is 0 Å². The number of aromatic nitrogens is 3. The van der Waals surface area contributed by atoms with Crippen LogP contribution in [0.2, 0.25) is 0 Å². The smallest absolute Gasteiger partial charge is 0.255 e. The number of carbonyl (C=O) groups is 2. The second-order valence-electron chi connectivity index (χ2n) is 7.16. The number of hydrogen-bond acceptors (Lipinski definition) is 4. The van der Waals surface area contributed by atoms with E-state index in [2.05, 4.69) is 10.4 Å². The number of nitrogens with one attached hydrogen (secondary N) is 1. The summed E-state index contributed by atoms with van der Waals surface area (Å²) in [7, 11) is 0. The molecule has 152 valence electrons. The quantitative estimate of drug-likeness (QED) is 0.669. The van der Waals surface area contributed by atoms with Crippen LogP contribution in [0.1, 0.15) is 38.1 Å². The Morgan fingerprint density at radius 3 is 2.52 bits per heavy atom. The molecule has 2 heterocycles. The lowest BCUT2D eigenvalue weighted by atomic mass is 10.1. The Morgan fingerprint density at radius 1 is 1.17 bits per heavy atom. The summed E-state index contributed by atoms with van der Waals surface area (Å²) in [6, 6.07) is 11.6. The lowest BCUT2D eigenvalue weighted by Gasteiger charge is -2.22. The number of likely N-dealkylation sites (N-methyl/N-ethyl adjacent to an activating group) is 1. The normalized spacial score (nSPS) is 11.1. The SMILES string of the molecule is CCN(CC(=O)NC(C)C)C(=O)c1cc(-c2ccccc2)nc2c1cnn2CC. The predicted molar refractivity (Wildman–Crippen MR) is 113 cm³/mol. The molecule has 0 aliphatic carbocycles. The second-order valence-corrected chi connectivity index (χ2v) is 7.16. The van der Waals surface area contributed by atoms with Crippen molar-refractivity contribution in [2.75, 3.05) is 13.1 Å². The largest absolute Gasteiger partial charge is 0.352 e. The molecule has 1 aromatic carbocycles. The average Bonchev–Trinajstić information content (AvgIpc) is 3.14. The van der Waals surface area contributed by atoms with Gasteiger partial charge in [0.05, 0.1) is 29.4 Å². The highest BCUT2D eigenvalue weighted by Crippen LogP contribution is 2.26. The highest BCUT2D eigenvalue weighted by Gasteiger charge is 2.23. The van der Waals surface area contributed by atoms with Crippen LogP contribution in [0.5, 0.6) is 0 Å². The highest BCUT2D eigenvalue weighted by atomic mass is 16.2. The van der Waals surface area contributed by atoms with Crippen molar-refractivity contribution in [1.29, 1.82) is 0 Å². The van der Waals surface area contributed by atoms with Gasteiger partial charge in [0.1, 0.15) is 0 Å². The number of hydrogen-bond donors (Lipinski definition) is 1. The maximum Gasteiger partial charge on any atom is 0.255 e. The van der Waals surface area contributed by atoms with E-state index in [-0.39, 0.29) is 24.4 Å². The summed E-state index contributed by atoms with van der Waals surface area (Å²) in [5.41, 5.74) is 2.81. The Balaban J connectivity index is 2.05. The van der Waals surface area contributed by atoms with Gasteiger partial charge in [0.15, 0.2) is 5.65 Å². The minimum Gasteiger partial charge on any atom is -0.352 e. The maximum atomic E-state index is 13.4. The zero-order chi connectivity index (χ0) is 21.0. The van der Waals surface area contributed by atoms with E-state index in [4.69, 9.17) is 4.98 Å². The lowest BCUT2D eigenvalue weighted by molar-refractivity contribution is -0.122. The number of benzene rings is 1. The fourth-order valence-corrected chi connectivity index (χ4v) is 3.25. The van der Waals surface area contributed by atoms with Gasteiger partial charge in [-0.3, -0.25) is 9.59 Å². The highest BCUT2D eigenvalue weighted by molar-refractivity contribution is 6.07. The van der Waals surface area contributed by atoms with Gasteiger partial charge in [-0.05, 0) is 33.8 Å². The Kier molecular flexibility index (Phi) is 6.26. The van der Waals surface area contributed by atoms with Crippen LogP contribution in [-0.4, -0.2) is 50.6 Å². The van der Waals surface area contributed by atoms with Gasteiger partial charge >= 0.3 is 0 Å². The molecule has 0 atom stereocenters. The first-order valence-electron chi connectivity index (χ1n) is 9.95. The van der Waals surface area contributed by atoms with Crippen LogP contribution in [0.25, 0.3) is 22.3 Å². The molecule has 0 radical (unpaired) electrons. The summed E-state index contributed by atoms with van der Waals surface area (Å²) in [6.45, 7) is 8.74. The molecule has 7 nitrogen and oxygen atoms in total. The third-order valence-electron chi connectivity index (χ3n) is 4.66. The molecule has 1 N–H and O–H groups in total. The first kappa shape index (κ1) is 20.5. The van der Waals surface area contributed by atoms with Gasteiger partial charge in [0, 0.05) is 24.7 Å². The molecular formula is C22H27N5O2. The van der Waals surface area contributed by atoms with Crippen LogP contribution in [0.4, 0.5) is 0 Å². The maximum absolute atomic E-state index is 13.4. The van der Waals surface area contributed by atoms with Gasteiger partial charge in [-0.2, -0.15) is 5.10 Å². The zero-order valence-corrected chi connectivity index (χ0v) is 17.3. The number of pyridine rings is 1. The van der Waals surface area contributed by atoms with Crippen molar-refractivity contribution in [3.8, 4) is 11.3 Å². The third-order valence-corrected chi connectivity index (χ3v) is 4.66. The van der Waals surface area contributed by atoms with E-state index in [1.807, 2.05) is 58.0 Å². The monoisotopic (exact) mass is 393 g/mol. The van der Waals surface area contributed by atoms with Gasteiger partial charge in [-0.15, -0.1) is 0 Å². The van der Waals surface area contributed by atoms with E-state index in [0.717, 1.165) is 5.56 Å². The second kappa shape index (κ2) is 8.86. The molecule has 3 rings (SSSR count). The van der Waals surface area contributed by atoms with Crippen molar-refractivity contribution >= 4 is 22.8 Å². The van der Waals surface area contributed by atoms with Crippen LogP contribution < -0.4 is 5.32 Å². The molecule has 0 saturated carbocycles. The fourth-order valence-electron chi connectivity index (χ4n) is 3.25. The summed E-state index contributed by atoms with van der Waals surface area (Å²) in [4.78, 5) is 31.9. The Bertz CT molecular complexity index is 1010. The summed E-state index contributed by atoms with van der Waals surface area (Å²) >= 11 is 0. The molecule has 0 unspecified atom stereocenters. The first-order valence-corrected chi connectivity index (χ1v) is 9.95. The van der Waals surface area contributed by atoms with Gasteiger partial charge in [0.25, 0.3) is 5.91 Å². The summed E-state index contributed by atoms with van der Waals surface area (Å²) in [6.07, 6.45) is 1.68. The molecule has 0 aliphatic rings. The Hall–Kier alpha value is -3.22. The molecule has 7 heteroatoms. The van der Waals surface area contributed by atoms with Crippen molar-refractivity contribution in [2.24, 2.45) is 0 Å². The van der Waals surface area contributed by atoms with Gasteiger partial charge in [0.2, 0.25) is 5.91 Å². The summed E-state index contributed by atoms with van der Waals surface area (Å²) in [5, 5.41) is 7.91. The third kappa shape index (κ3) is 4.45. The zero-order valence-electron chi connectivity index (χ0n) is 17.3. The molecule has 0 spiro atoms. The molecular weight excluding hydrogens is 366 g/mol. The van der Waals surface area contributed by atoms with E-state index in [1.165, 1.54) is 0 Å². The number of amides is 2. The van der Waals surface area contributed by atoms with Gasteiger partial charge in [-0.25, -0.2) is 9.67 Å². The van der Waals surface area contributed by atoms with Crippen LogP contribution in [0.15, 0.2) is 42.6 Å². The minimum atomic E-state index is -0.202. The number of rotatable bonds is 7. The summed E-state index contributed by atoms with van der Waals surface area (Å²) in [5.74, 6) is -0.375. The molecule has 0 fully saturated rings. The number of aryl methyl sites for hydroxylation is 1. The standard InChI is InChI=1S/C22H27N5O2/c1-5-26(14-20(28)24-15(3)4)22(29)17-12-19(16-10-8-7-9-11-16)25-21-18(17)13-23-27(21)6-2/h7-13,15H,5-6,14H2,1-4H3,(H,24,28). The van der Waals surface area contributed by atoms with Crippen molar-refractivity contribution in [3.05, 3.63) is 48.2 Å². The Morgan fingerprint density at radius 2 is 1.90 bits per heavy atom. The van der Waals surface area contributed by atoms with E-state index in [0.29, 0.717) is 35.4 Å².